The average Bonchev–Trinajstić information content (AvgIpc) is 2.27. The molecule has 0 heterocycles. The van der Waals surface area contributed by atoms with E-state index in [1.165, 1.54) is 7.11 Å². The second-order valence-corrected chi connectivity index (χ2v) is 3.26. The fourth-order valence-electron chi connectivity index (χ4n) is 1.47. The molecule has 3 nitrogen and oxygen atoms in total. The molecular weight excluding hydrogens is 192 g/mol. The number of aromatic hydroxyl groups is 1. The Morgan fingerprint density at radius 3 is 2.67 bits per heavy atom. The summed E-state index contributed by atoms with van der Waals surface area (Å²) in [5.74, 6) is 0.277. The van der Waals surface area contributed by atoms with Crippen LogP contribution >= 0.6 is 0 Å². The number of carbonyl (C=O) groups excluding carboxylic acids is 1. The van der Waals surface area contributed by atoms with Crippen LogP contribution in [-0.4, -0.2) is 18.5 Å². The number of carbonyl (C=O) groups is 1. The van der Waals surface area contributed by atoms with Crippen LogP contribution in [0.1, 0.15) is 28.8 Å². The second-order valence-electron chi connectivity index (χ2n) is 3.26. The van der Waals surface area contributed by atoms with Crippen LogP contribution in [0.15, 0.2) is 24.8 Å². The number of rotatable bonds is 4. The average molecular weight is 206 g/mol. The van der Waals surface area contributed by atoms with Gasteiger partial charge in [-0.25, -0.2) is 0 Å². The molecule has 0 radical (unpaired) electrons. The molecule has 0 saturated heterocycles. The minimum atomic E-state index is -0.0969. The van der Waals surface area contributed by atoms with E-state index in [1.54, 1.807) is 18.2 Å². The zero-order chi connectivity index (χ0) is 11.4. The topological polar surface area (TPSA) is 46.5 Å². The van der Waals surface area contributed by atoms with E-state index in [9.17, 15) is 9.90 Å². The summed E-state index contributed by atoms with van der Waals surface area (Å²) in [6.07, 6.45) is 2.38. The molecule has 1 unspecified atom stereocenters. The molecule has 0 bridgehead atoms. The number of hydrogen-bond donors (Lipinski definition) is 1. The van der Waals surface area contributed by atoms with Gasteiger partial charge in [0, 0.05) is 17.0 Å². The van der Waals surface area contributed by atoms with Crippen LogP contribution in [0, 0.1) is 0 Å². The van der Waals surface area contributed by atoms with Gasteiger partial charge in [0.2, 0.25) is 0 Å². The third-order valence-electron chi connectivity index (χ3n) is 2.37. The van der Waals surface area contributed by atoms with Crippen molar-refractivity contribution in [2.45, 2.75) is 12.8 Å². The van der Waals surface area contributed by atoms with Crippen LogP contribution in [0.2, 0.25) is 0 Å². The molecule has 0 amide bonds. The monoisotopic (exact) mass is 206 g/mol. The molecule has 0 spiro atoms. The standard InChI is InChI=1S/C12H14O3/c1-4-8(2)11-9(7-13)5-6-10(15-3)12(11)14/h4-8,14H,1H2,2-3H3. The highest BCUT2D eigenvalue weighted by Crippen LogP contribution is 2.36. The van der Waals surface area contributed by atoms with Crippen molar-refractivity contribution in [3.8, 4) is 11.5 Å². The zero-order valence-electron chi connectivity index (χ0n) is 8.86. The summed E-state index contributed by atoms with van der Waals surface area (Å²) in [5.41, 5.74) is 1.01. The fraction of sp³-hybridized carbons (Fsp3) is 0.250. The highest BCUT2D eigenvalue weighted by atomic mass is 16.5. The maximum Gasteiger partial charge on any atom is 0.162 e. The lowest BCUT2D eigenvalue weighted by Gasteiger charge is -2.14. The minimum absolute atomic E-state index is 0.00880. The van der Waals surface area contributed by atoms with Gasteiger partial charge in [0.1, 0.15) is 6.29 Å². The van der Waals surface area contributed by atoms with Gasteiger partial charge in [-0.15, -0.1) is 6.58 Å². The van der Waals surface area contributed by atoms with Gasteiger partial charge >= 0.3 is 0 Å². The van der Waals surface area contributed by atoms with Gasteiger partial charge in [-0.05, 0) is 12.1 Å². The van der Waals surface area contributed by atoms with Gasteiger partial charge in [-0.1, -0.05) is 13.0 Å². The number of aldehydes is 1. The predicted octanol–water partition coefficient (Wildman–Crippen LogP) is 2.50. The summed E-state index contributed by atoms with van der Waals surface area (Å²) in [7, 11) is 1.47. The third kappa shape index (κ3) is 2.01. The third-order valence-corrected chi connectivity index (χ3v) is 2.37. The molecule has 0 fully saturated rings. The van der Waals surface area contributed by atoms with Gasteiger partial charge in [0.15, 0.2) is 11.5 Å². The maximum atomic E-state index is 10.8. The molecule has 1 aromatic rings. The number of ether oxygens (including phenoxy) is 1. The first-order chi connectivity index (χ1) is 7.15. The van der Waals surface area contributed by atoms with Gasteiger partial charge in [0.25, 0.3) is 0 Å². The molecule has 3 heteroatoms. The Kier molecular flexibility index (Phi) is 3.50. The highest BCUT2D eigenvalue weighted by Gasteiger charge is 2.16. The van der Waals surface area contributed by atoms with E-state index in [0.717, 1.165) is 0 Å². The van der Waals surface area contributed by atoms with Crippen molar-refractivity contribution < 1.29 is 14.6 Å². The molecule has 1 rings (SSSR count). The SMILES string of the molecule is C=CC(C)c1c(C=O)ccc(OC)c1O. The lowest BCUT2D eigenvalue weighted by molar-refractivity contribution is 0.112. The number of methoxy groups -OCH3 is 1. The lowest BCUT2D eigenvalue weighted by atomic mass is 9.95. The predicted molar refractivity (Wildman–Crippen MR) is 58.7 cm³/mol. The summed E-state index contributed by atoms with van der Waals surface area (Å²) < 4.78 is 4.98. The molecule has 0 aliphatic rings. The number of phenolic OH excluding ortho intramolecular Hbond substituents is 1. The Labute approximate surface area is 89.0 Å². The molecule has 1 aromatic carbocycles. The van der Waals surface area contributed by atoms with Crippen molar-refractivity contribution in [3.63, 3.8) is 0 Å². The van der Waals surface area contributed by atoms with E-state index in [2.05, 4.69) is 6.58 Å². The van der Waals surface area contributed by atoms with Crippen LogP contribution < -0.4 is 4.74 Å². The maximum absolute atomic E-state index is 10.8. The molecule has 80 valence electrons. The van der Waals surface area contributed by atoms with Crippen LogP contribution in [0.25, 0.3) is 0 Å². The molecule has 1 N–H and O–H groups in total. The van der Waals surface area contributed by atoms with Crippen molar-refractivity contribution in [1.82, 2.24) is 0 Å². The molecule has 0 aliphatic carbocycles. The van der Waals surface area contributed by atoms with Crippen molar-refractivity contribution >= 4 is 6.29 Å². The fourth-order valence-corrected chi connectivity index (χ4v) is 1.47. The quantitative estimate of drug-likeness (QED) is 0.608. The molecule has 0 aromatic heterocycles. The molecule has 15 heavy (non-hydrogen) atoms. The van der Waals surface area contributed by atoms with E-state index in [4.69, 9.17) is 4.74 Å². The van der Waals surface area contributed by atoms with Crippen molar-refractivity contribution in [2.24, 2.45) is 0 Å². The molecule has 0 aliphatic heterocycles. The summed E-state index contributed by atoms with van der Waals surface area (Å²) in [4.78, 5) is 10.8. The second kappa shape index (κ2) is 4.64. The Hall–Kier alpha value is -1.77. The van der Waals surface area contributed by atoms with Crippen LogP contribution in [0.5, 0.6) is 11.5 Å². The van der Waals surface area contributed by atoms with Crippen LogP contribution in [0.3, 0.4) is 0 Å². The van der Waals surface area contributed by atoms with Gasteiger partial charge in [-0.3, -0.25) is 4.79 Å². The van der Waals surface area contributed by atoms with Crippen molar-refractivity contribution in [3.05, 3.63) is 35.9 Å². The van der Waals surface area contributed by atoms with Crippen LogP contribution in [0.4, 0.5) is 0 Å². The Morgan fingerprint density at radius 2 is 2.20 bits per heavy atom. The largest absolute Gasteiger partial charge is 0.504 e. The van der Waals surface area contributed by atoms with E-state index >= 15 is 0 Å². The Balaban J connectivity index is 3.41. The summed E-state index contributed by atoms with van der Waals surface area (Å²) in [6, 6.07) is 3.19. The van der Waals surface area contributed by atoms with Gasteiger partial charge < -0.3 is 9.84 Å². The molecule has 0 saturated carbocycles. The Bertz CT molecular complexity index is 383. The van der Waals surface area contributed by atoms with Crippen molar-refractivity contribution in [1.29, 1.82) is 0 Å². The van der Waals surface area contributed by atoms with E-state index in [0.29, 0.717) is 23.2 Å². The summed E-state index contributed by atoms with van der Waals surface area (Å²) >= 11 is 0. The van der Waals surface area contributed by atoms with Gasteiger partial charge in [-0.2, -0.15) is 0 Å². The van der Waals surface area contributed by atoms with Crippen LogP contribution in [-0.2, 0) is 0 Å². The normalized spacial score (nSPS) is 11.9. The lowest BCUT2D eigenvalue weighted by Crippen LogP contribution is -1.98. The molecule has 1 atom stereocenters. The number of hydrogen-bond acceptors (Lipinski definition) is 3. The summed E-state index contributed by atoms with van der Waals surface area (Å²) in [6.45, 7) is 5.50. The van der Waals surface area contributed by atoms with E-state index < -0.39 is 0 Å². The van der Waals surface area contributed by atoms with Gasteiger partial charge in [0.05, 0.1) is 7.11 Å². The Morgan fingerprint density at radius 1 is 1.53 bits per heavy atom. The first-order valence-electron chi connectivity index (χ1n) is 4.63. The summed E-state index contributed by atoms with van der Waals surface area (Å²) in [5, 5.41) is 9.87. The first kappa shape index (κ1) is 11.3. The number of allylic oxidation sites excluding steroid dienone is 1. The zero-order valence-corrected chi connectivity index (χ0v) is 8.86. The minimum Gasteiger partial charge on any atom is -0.504 e. The van der Waals surface area contributed by atoms with E-state index in [1.807, 2.05) is 6.92 Å². The highest BCUT2D eigenvalue weighted by molar-refractivity contribution is 5.80. The van der Waals surface area contributed by atoms with Crippen molar-refractivity contribution in [2.75, 3.05) is 7.11 Å². The number of benzene rings is 1. The van der Waals surface area contributed by atoms with E-state index in [-0.39, 0.29) is 11.7 Å². The first-order valence-corrected chi connectivity index (χ1v) is 4.63. The smallest absolute Gasteiger partial charge is 0.162 e. The number of phenols is 1. The molecular formula is C12H14O3.